The predicted octanol–water partition coefficient (Wildman–Crippen LogP) is 4.12. The number of para-hydroxylation sites is 1. The summed E-state index contributed by atoms with van der Waals surface area (Å²) in [6, 6.07) is 11.4. The zero-order chi connectivity index (χ0) is 24.4. The number of thiophene rings is 1. The van der Waals surface area contributed by atoms with Crippen LogP contribution in [-0.4, -0.2) is 62.2 Å². The number of anilines is 1. The van der Waals surface area contributed by atoms with Crippen LogP contribution >= 0.6 is 22.7 Å². The van der Waals surface area contributed by atoms with Crippen molar-refractivity contribution in [1.82, 2.24) is 14.9 Å². The lowest BCUT2D eigenvalue weighted by Gasteiger charge is -2.24. The third-order valence-electron chi connectivity index (χ3n) is 6.06. The van der Waals surface area contributed by atoms with Crippen LogP contribution in [0.1, 0.15) is 18.2 Å². The van der Waals surface area contributed by atoms with Gasteiger partial charge in [-0.3, -0.25) is 9.21 Å². The van der Waals surface area contributed by atoms with Gasteiger partial charge < -0.3 is 15.5 Å². The summed E-state index contributed by atoms with van der Waals surface area (Å²) in [5.74, 6) is 0. The lowest BCUT2D eigenvalue weighted by molar-refractivity contribution is 0.156. The Balaban J connectivity index is 1.47. The number of hydrogen-bond acceptors (Lipinski definition) is 8. The minimum Gasteiger partial charge on any atom is -0.380 e. The summed E-state index contributed by atoms with van der Waals surface area (Å²) >= 11 is 2.86. The molecule has 0 aliphatic carbocycles. The summed E-state index contributed by atoms with van der Waals surface area (Å²) in [6.45, 7) is 5.73. The molecule has 0 amide bonds. The van der Waals surface area contributed by atoms with Gasteiger partial charge in [0.25, 0.3) is 10.0 Å². The minimum atomic E-state index is -3.73. The van der Waals surface area contributed by atoms with Crippen molar-refractivity contribution in [3.8, 4) is 10.7 Å². The minimum absolute atomic E-state index is 0.223. The molecule has 0 saturated carbocycles. The molecular weight excluding hydrogens is 502 g/mol. The fourth-order valence-electron chi connectivity index (χ4n) is 4.38. The van der Waals surface area contributed by atoms with Crippen molar-refractivity contribution >= 4 is 49.3 Å². The first kappa shape index (κ1) is 24.4. The van der Waals surface area contributed by atoms with E-state index in [4.69, 9.17) is 10.5 Å². The zero-order valence-corrected chi connectivity index (χ0v) is 22.0. The van der Waals surface area contributed by atoms with Crippen LogP contribution < -0.4 is 10.0 Å². The first-order valence-electron chi connectivity index (χ1n) is 11.6. The van der Waals surface area contributed by atoms with Crippen LogP contribution in [0.25, 0.3) is 21.6 Å². The maximum absolute atomic E-state index is 13.5. The molecule has 4 aromatic rings. The van der Waals surface area contributed by atoms with Crippen molar-refractivity contribution < 1.29 is 13.2 Å². The molecular formula is C24H29N5O3S3. The maximum Gasteiger partial charge on any atom is 0.273 e. The maximum atomic E-state index is 13.5. The van der Waals surface area contributed by atoms with Crippen molar-refractivity contribution in [3.05, 3.63) is 52.9 Å². The number of hydrogen-bond donors (Lipinski definition) is 2. The van der Waals surface area contributed by atoms with Gasteiger partial charge in [-0.15, -0.1) is 22.7 Å². The molecule has 0 bridgehead atoms. The fraction of sp³-hybridized carbons (Fsp3) is 0.375. The number of benzene rings is 1. The molecule has 1 saturated heterocycles. The van der Waals surface area contributed by atoms with E-state index >= 15 is 0 Å². The van der Waals surface area contributed by atoms with Gasteiger partial charge in [0.15, 0.2) is 0 Å². The molecule has 4 heterocycles. The summed E-state index contributed by atoms with van der Waals surface area (Å²) in [6.07, 6.45) is 2.95. The van der Waals surface area contributed by atoms with Crippen molar-refractivity contribution in [2.24, 2.45) is 5.73 Å². The number of thiazole rings is 1. The number of rotatable bonds is 10. The summed E-state index contributed by atoms with van der Waals surface area (Å²) < 4.78 is 34.4. The number of likely N-dealkylation sites (tertiary alicyclic amines) is 1. The lowest BCUT2D eigenvalue weighted by atomic mass is 10.2. The highest BCUT2D eigenvalue weighted by molar-refractivity contribution is 7.94. The SMILES string of the molecule is CCOCCN(c1cccc2cc(-c3ncc(CN4CCC(N)C4)s3)[nH]c12)S(=O)(=O)c1cccs1. The Hall–Kier alpha value is -2.28. The van der Waals surface area contributed by atoms with E-state index in [1.54, 1.807) is 28.8 Å². The summed E-state index contributed by atoms with van der Waals surface area (Å²) in [7, 11) is -3.73. The Morgan fingerprint density at radius 1 is 1.31 bits per heavy atom. The Bertz CT molecular complexity index is 1380. The van der Waals surface area contributed by atoms with Gasteiger partial charge in [-0.05, 0) is 36.9 Å². The van der Waals surface area contributed by atoms with Gasteiger partial charge in [-0.25, -0.2) is 13.4 Å². The second-order valence-corrected chi connectivity index (χ2v) is 12.7. The average molecular weight is 532 g/mol. The van der Waals surface area contributed by atoms with E-state index in [1.807, 2.05) is 37.4 Å². The first-order chi connectivity index (χ1) is 17.0. The van der Waals surface area contributed by atoms with Crippen molar-refractivity contribution in [3.63, 3.8) is 0 Å². The van der Waals surface area contributed by atoms with Crippen LogP contribution in [-0.2, 0) is 21.3 Å². The second-order valence-electron chi connectivity index (χ2n) is 8.55. The number of H-pyrrole nitrogens is 1. The number of aromatic nitrogens is 2. The van der Waals surface area contributed by atoms with Gasteiger partial charge in [0, 0.05) is 48.7 Å². The fourth-order valence-corrected chi connectivity index (χ4v) is 7.87. The van der Waals surface area contributed by atoms with Gasteiger partial charge in [0.05, 0.1) is 30.0 Å². The highest BCUT2D eigenvalue weighted by atomic mass is 32.2. The van der Waals surface area contributed by atoms with Crippen LogP contribution in [0.2, 0.25) is 0 Å². The van der Waals surface area contributed by atoms with E-state index < -0.39 is 10.0 Å². The van der Waals surface area contributed by atoms with E-state index in [9.17, 15) is 8.42 Å². The van der Waals surface area contributed by atoms with E-state index in [2.05, 4.69) is 14.9 Å². The molecule has 11 heteroatoms. The highest BCUT2D eigenvalue weighted by Gasteiger charge is 2.28. The molecule has 1 atom stereocenters. The smallest absolute Gasteiger partial charge is 0.273 e. The number of aromatic amines is 1. The van der Waals surface area contributed by atoms with Gasteiger partial charge in [0.2, 0.25) is 0 Å². The number of ether oxygens (including phenoxy) is 1. The number of nitrogens with one attached hydrogen (secondary N) is 1. The summed E-state index contributed by atoms with van der Waals surface area (Å²) in [5, 5.41) is 3.59. The van der Waals surface area contributed by atoms with E-state index in [0.29, 0.717) is 23.1 Å². The second kappa shape index (κ2) is 10.4. The Kier molecular flexibility index (Phi) is 7.24. The number of sulfonamides is 1. The molecule has 1 aliphatic rings. The topological polar surface area (TPSA) is 105 Å². The average Bonchev–Trinajstić information content (AvgIpc) is 3.64. The molecule has 1 aliphatic heterocycles. The zero-order valence-electron chi connectivity index (χ0n) is 19.5. The van der Waals surface area contributed by atoms with Crippen LogP contribution in [0.3, 0.4) is 0 Å². The quantitative estimate of drug-likeness (QED) is 0.298. The van der Waals surface area contributed by atoms with Gasteiger partial charge >= 0.3 is 0 Å². The molecule has 186 valence electrons. The molecule has 3 N–H and O–H groups in total. The molecule has 3 aromatic heterocycles. The molecule has 0 radical (unpaired) electrons. The monoisotopic (exact) mass is 531 g/mol. The van der Waals surface area contributed by atoms with Crippen LogP contribution in [0, 0.1) is 0 Å². The summed E-state index contributed by atoms with van der Waals surface area (Å²) in [4.78, 5) is 11.6. The molecule has 8 nitrogen and oxygen atoms in total. The van der Waals surface area contributed by atoms with Crippen molar-refractivity contribution in [2.75, 3.05) is 37.2 Å². The third-order valence-corrected chi connectivity index (χ3v) is 10.3. The largest absolute Gasteiger partial charge is 0.380 e. The molecule has 35 heavy (non-hydrogen) atoms. The number of nitrogens with zero attached hydrogens (tertiary/aromatic N) is 3. The van der Waals surface area contributed by atoms with Gasteiger partial charge in [0.1, 0.15) is 9.22 Å². The van der Waals surface area contributed by atoms with Crippen LogP contribution in [0.4, 0.5) is 5.69 Å². The summed E-state index contributed by atoms with van der Waals surface area (Å²) in [5.41, 5.74) is 8.29. The first-order valence-corrected chi connectivity index (χ1v) is 14.8. The Morgan fingerprint density at radius 2 is 2.20 bits per heavy atom. The van der Waals surface area contributed by atoms with Gasteiger partial charge in [-0.2, -0.15) is 0 Å². The lowest BCUT2D eigenvalue weighted by Crippen LogP contribution is -2.34. The molecule has 1 aromatic carbocycles. The molecule has 1 fully saturated rings. The van der Waals surface area contributed by atoms with Crippen LogP contribution in [0.5, 0.6) is 0 Å². The van der Waals surface area contributed by atoms with E-state index in [-0.39, 0.29) is 12.6 Å². The molecule has 1 unspecified atom stereocenters. The van der Waals surface area contributed by atoms with E-state index in [0.717, 1.165) is 47.7 Å². The number of fused-ring (bicyclic) bond motifs is 1. The Morgan fingerprint density at radius 3 is 2.94 bits per heavy atom. The van der Waals surface area contributed by atoms with Crippen molar-refractivity contribution in [1.29, 1.82) is 0 Å². The Labute approximate surface area is 213 Å². The van der Waals surface area contributed by atoms with Gasteiger partial charge in [-0.1, -0.05) is 18.2 Å². The van der Waals surface area contributed by atoms with Crippen molar-refractivity contribution in [2.45, 2.75) is 30.1 Å². The predicted molar refractivity (Wildman–Crippen MR) is 143 cm³/mol. The molecule has 0 spiro atoms. The molecule has 5 rings (SSSR count). The van der Waals surface area contributed by atoms with E-state index in [1.165, 1.54) is 20.5 Å². The number of nitrogens with two attached hydrogens (primary N) is 1. The standard InChI is InChI=1S/C24H29N5O3S3/c1-2-32-11-10-29(35(30,31)22-7-4-12-33-22)21-6-3-5-17-13-20(27-23(17)21)24-26-14-19(34-24)16-28-9-8-18(25)15-28/h3-7,12-14,18,27H,2,8-11,15-16,25H2,1H3. The third kappa shape index (κ3) is 5.16. The highest BCUT2D eigenvalue weighted by Crippen LogP contribution is 2.35. The normalized spacial score (nSPS) is 16.9. The van der Waals surface area contributed by atoms with Crippen LogP contribution in [0.15, 0.2) is 52.2 Å².